The van der Waals surface area contributed by atoms with Gasteiger partial charge in [0.2, 0.25) is 10.0 Å². The van der Waals surface area contributed by atoms with Gasteiger partial charge < -0.3 is 4.74 Å². The van der Waals surface area contributed by atoms with Crippen LogP contribution in [0.5, 0.6) is 5.75 Å². The molecule has 3 rings (SSSR count). The topological polar surface area (TPSA) is 87.7 Å². The van der Waals surface area contributed by atoms with Gasteiger partial charge in [0.15, 0.2) is 0 Å². The van der Waals surface area contributed by atoms with Crippen molar-refractivity contribution < 1.29 is 26.7 Å². The third-order valence-corrected chi connectivity index (χ3v) is 6.70. The van der Waals surface area contributed by atoms with E-state index in [0.29, 0.717) is 24.4 Å². The minimum atomic E-state index is -3.66. The number of rotatable bonds is 8. The molecule has 10 heteroatoms. The number of benzene rings is 2. The molecule has 31 heavy (non-hydrogen) atoms. The molecule has 0 radical (unpaired) electrons. The fourth-order valence-corrected chi connectivity index (χ4v) is 4.73. The number of ether oxygens (including phenoxy) is 1. The van der Waals surface area contributed by atoms with E-state index >= 15 is 0 Å². The molecular weight excluding hydrogens is 428 g/mol. The van der Waals surface area contributed by atoms with Crippen LogP contribution >= 0.6 is 0 Å². The Hall–Kier alpha value is -2.98. The maximum Gasteiger partial charge on any atom is 0.387 e. The van der Waals surface area contributed by atoms with E-state index in [1.807, 2.05) is 0 Å². The first-order valence-electron chi connectivity index (χ1n) is 9.68. The lowest BCUT2D eigenvalue weighted by Crippen LogP contribution is -2.37. The van der Waals surface area contributed by atoms with Crippen molar-refractivity contribution in [3.63, 3.8) is 0 Å². The first-order valence-corrected chi connectivity index (χ1v) is 11.1. The van der Waals surface area contributed by atoms with Gasteiger partial charge in [-0.1, -0.05) is 19.1 Å². The van der Waals surface area contributed by atoms with Crippen molar-refractivity contribution >= 4 is 21.6 Å². The van der Waals surface area contributed by atoms with E-state index in [9.17, 15) is 22.0 Å². The maximum absolute atomic E-state index is 12.8. The molecule has 0 aliphatic carbocycles. The normalized spacial score (nSPS) is 14.8. The molecule has 0 unspecified atom stereocenters. The molecule has 2 N–H and O–H groups in total. The summed E-state index contributed by atoms with van der Waals surface area (Å²) in [6.45, 7) is 1.81. The van der Waals surface area contributed by atoms with Gasteiger partial charge in [0, 0.05) is 18.7 Å². The van der Waals surface area contributed by atoms with Crippen molar-refractivity contribution in [3.8, 4) is 5.75 Å². The SMILES string of the molecule is C=C(NNC(=O)c1cccc(S(=O)(=O)N2CCCCC2)c1)c1ccc(OC(F)F)cc1. The number of halogens is 2. The van der Waals surface area contributed by atoms with Crippen molar-refractivity contribution in [1.82, 2.24) is 15.2 Å². The Labute approximate surface area is 179 Å². The summed E-state index contributed by atoms with van der Waals surface area (Å²) < 4.78 is 55.8. The highest BCUT2D eigenvalue weighted by molar-refractivity contribution is 7.89. The van der Waals surface area contributed by atoms with Crippen molar-refractivity contribution in [2.75, 3.05) is 13.1 Å². The number of nitrogens with zero attached hydrogens (tertiary/aromatic N) is 1. The van der Waals surface area contributed by atoms with Gasteiger partial charge in [-0.15, -0.1) is 0 Å². The predicted molar refractivity (Wildman–Crippen MR) is 112 cm³/mol. The Bertz CT molecular complexity index is 1040. The van der Waals surface area contributed by atoms with Gasteiger partial charge in [0.1, 0.15) is 5.75 Å². The molecule has 7 nitrogen and oxygen atoms in total. The van der Waals surface area contributed by atoms with Gasteiger partial charge >= 0.3 is 6.61 Å². The Morgan fingerprint density at radius 2 is 1.68 bits per heavy atom. The second-order valence-corrected chi connectivity index (χ2v) is 8.89. The van der Waals surface area contributed by atoms with Crippen molar-refractivity contribution in [2.24, 2.45) is 0 Å². The zero-order valence-electron chi connectivity index (χ0n) is 16.7. The average Bonchev–Trinajstić information content (AvgIpc) is 2.78. The van der Waals surface area contributed by atoms with E-state index < -0.39 is 22.5 Å². The molecule has 0 aromatic heterocycles. The molecule has 1 heterocycles. The highest BCUT2D eigenvalue weighted by Gasteiger charge is 2.26. The van der Waals surface area contributed by atoms with Crippen molar-refractivity contribution in [2.45, 2.75) is 30.8 Å². The molecule has 1 amide bonds. The highest BCUT2D eigenvalue weighted by atomic mass is 32.2. The Balaban J connectivity index is 1.63. The lowest BCUT2D eigenvalue weighted by molar-refractivity contribution is -0.0498. The minimum absolute atomic E-state index is 0.00214. The molecule has 0 bridgehead atoms. The summed E-state index contributed by atoms with van der Waals surface area (Å²) >= 11 is 0. The van der Waals surface area contributed by atoms with Crippen LogP contribution in [0.15, 0.2) is 60.0 Å². The number of piperidine rings is 1. The van der Waals surface area contributed by atoms with Crippen LogP contribution in [0, 0.1) is 0 Å². The van der Waals surface area contributed by atoms with E-state index in [1.165, 1.54) is 52.8 Å². The molecule has 0 saturated carbocycles. The highest BCUT2D eigenvalue weighted by Crippen LogP contribution is 2.21. The van der Waals surface area contributed by atoms with Crippen LogP contribution in [-0.2, 0) is 10.0 Å². The Kier molecular flexibility index (Phi) is 7.24. The van der Waals surface area contributed by atoms with Crippen LogP contribution in [0.25, 0.3) is 5.70 Å². The number of carbonyl (C=O) groups is 1. The van der Waals surface area contributed by atoms with Gasteiger partial charge in [-0.3, -0.25) is 15.6 Å². The molecule has 2 aromatic rings. The molecule has 1 fully saturated rings. The monoisotopic (exact) mass is 451 g/mol. The van der Waals surface area contributed by atoms with Crippen LogP contribution in [-0.4, -0.2) is 38.3 Å². The van der Waals surface area contributed by atoms with Gasteiger partial charge in [-0.2, -0.15) is 13.1 Å². The van der Waals surface area contributed by atoms with Crippen LogP contribution < -0.4 is 15.6 Å². The zero-order chi connectivity index (χ0) is 22.4. The second kappa shape index (κ2) is 9.88. The number of hydrogen-bond acceptors (Lipinski definition) is 5. The first-order chi connectivity index (χ1) is 14.8. The van der Waals surface area contributed by atoms with Crippen LogP contribution in [0.2, 0.25) is 0 Å². The minimum Gasteiger partial charge on any atom is -0.435 e. The van der Waals surface area contributed by atoms with Gasteiger partial charge in [0.25, 0.3) is 5.91 Å². The zero-order valence-corrected chi connectivity index (χ0v) is 17.5. The largest absolute Gasteiger partial charge is 0.435 e. The summed E-state index contributed by atoms with van der Waals surface area (Å²) in [5, 5.41) is 0. The van der Waals surface area contributed by atoms with Crippen molar-refractivity contribution in [1.29, 1.82) is 0 Å². The number of sulfonamides is 1. The number of amides is 1. The average molecular weight is 451 g/mol. The van der Waals surface area contributed by atoms with E-state index in [2.05, 4.69) is 22.2 Å². The van der Waals surface area contributed by atoms with Crippen LogP contribution in [0.1, 0.15) is 35.2 Å². The molecule has 2 aromatic carbocycles. The van der Waals surface area contributed by atoms with Crippen LogP contribution in [0.4, 0.5) is 8.78 Å². The molecule has 1 aliphatic heterocycles. The summed E-state index contributed by atoms with van der Waals surface area (Å²) in [5.74, 6) is -0.545. The lowest BCUT2D eigenvalue weighted by atomic mass is 10.2. The molecule has 0 spiro atoms. The molecule has 166 valence electrons. The summed E-state index contributed by atoms with van der Waals surface area (Å²) in [6, 6.07) is 11.5. The Morgan fingerprint density at radius 1 is 1.00 bits per heavy atom. The van der Waals surface area contributed by atoms with Crippen LogP contribution in [0.3, 0.4) is 0 Å². The summed E-state index contributed by atoms with van der Waals surface area (Å²) in [5.41, 5.74) is 6.11. The third-order valence-electron chi connectivity index (χ3n) is 4.80. The van der Waals surface area contributed by atoms with E-state index in [4.69, 9.17) is 0 Å². The standard InChI is InChI=1S/C21H23F2N3O4S/c1-15(16-8-10-18(11-9-16)30-21(22)23)24-25-20(27)17-6-5-7-19(14-17)31(28,29)26-12-3-2-4-13-26/h5-11,14,21,24H,1-4,12-13H2,(H,25,27). The number of hydrazine groups is 1. The smallest absolute Gasteiger partial charge is 0.387 e. The number of alkyl halides is 2. The number of carbonyl (C=O) groups excluding carboxylic acids is 1. The maximum atomic E-state index is 12.8. The first kappa shape index (κ1) is 22.7. The van der Waals surface area contributed by atoms with Gasteiger partial charge in [-0.05, 0) is 60.9 Å². The van der Waals surface area contributed by atoms with Crippen molar-refractivity contribution in [3.05, 3.63) is 66.2 Å². The van der Waals surface area contributed by atoms with Gasteiger partial charge in [-0.25, -0.2) is 8.42 Å². The number of hydrogen-bond donors (Lipinski definition) is 2. The molecular formula is C21H23F2N3O4S. The summed E-state index contributed by atoms with van der Waals surface area (Å²) in [4.78, 5) is 12.6. The molecule has 1 saturated heterocycles. The molecule has 0 atom stereocenters. The number of nitrogens with one attached hydrogen (secondary N) is 2. The fraction of sp³-hybridized carbons (Fsp3) is 0.286. The fourth-order valence-electron chi connectivity index (χ4n) is 3.17. The second-order valence-electron chi connectivity index (χ2n) is 6.95. The van der Waals surface area contributed by atoms with E-state index in [-0.39, 0.29) is 16.2 Å². The van der Waals surface area contributed by atoms with Gasteiger partial charge in [0.05, 0.1) is 10.6 Å². The Morgan fingerprint density at radius 3 is 2.32 bits per heavy atom. The summed E-state index contributed by atoms with van der Waals surface area (Å²) in [7, 11) is -3.66. The van der Waals surface area contributed by atoms with E-state index in [0.717, 1.165) is 19.3 Å². The lowest BCUT2D eigenvalue weighted by Gasteiger charge is -2.26. The summed E-state index contributed by atoms with van der Waals surface area (Å²) in [6.07, 6.45) is 2.65. The van der Waals surface area contributed by atoms with E-state index in [1.54, 1.807) is 0 Å². The third kappa shape index (κ3) is 5.80. The quantitative estimate of drug-likeness (QED) is 0.601. The molecule has 1 aliphatic rings. The predicted octanol–water partition coefficient (Wildman–Crippen LogP) is 3.37.